The molecule has 0 saturated carbocycles. The minimum absolute atomic E-state index is 0.173. The van der Waals surface area contributed by atoms with Crippen LogP contribution in [0.2, 0.25) is 0 Å². The second kappa shape index (κ2) is 10.2. The van der Waals surface area contributed by atoms with Crippen LogP contribution in [0.4, 0.5) is 21.6 Å². The highest BCUT2D eigenvalue weighted by Crippen LogP contribution is 2.33. The fraction of sp³-hybridized carbons (Fsp3) is 0.286. The van der Waals surface area contributed by atoms with Crippen LogP contribution in [-0.4, -0.2) is 42.2 Å². The zero-order valence-corrected chi connectivity index (χ0v) is 18.1. The summed E-state index contributed by atoms with van der Waals surface area (Å²) in [5.41, 5.74) is 2.62. The maximum absolute atomic E-state index is 13.9. The first-order valence-electron chi connectivity index (χ1n) is 9.47. The molecule has 1 heterocycles. The van der Waals surface area contributed by atoms with E-state index in [1.165, 1.54) is 24.5 Å². The zero-order valence-electron chi connectivity index (χ0n) is 17.3. The molecule has 3 aromatic rings. The number of amides is 1. The molecule has 2 N–H and O–H groups in total. The van der Waals surface area contributed by atoms with Gasteiger partial charge in [0, 0.05) is 37.0 Å². The molecule has 10 heteroatoms. The van der Waals surface area contributed by atoms with E-state index in [-0.39, 0.29) is 24.3 Å². The zero-order chi connectivity index (χ0) is 22.4. The Morgan fingerprint density at radius 1 is 1.29 bits per heavy atom. The first-order chi connectivity index (χ1) is 14.9. The lowest BCUT2D eigenvalue weighted by molar-refractivity contribution is -0.124. The summed E-state index contributed by atoms with van der Waals surface area (Å²) in [5.74, 6) is -0.151. The second-order valence-corrected chi connectivity index (χ2v) is 7.13. The van der Waals surface area contributed by atoms with Crippen molar-refractivity contribution in [3.8, 4) is 5.75 Å². The highest BCUT2D eigenvalue weighted by Gasteiger charge is 2.14. The van der Waals surface area contributed by atoms with Crippen molar-refractivity contribution < 1.29 is 18.7 Å². The third-order valence-corrected chi connectivity index (χ3v) is 4.62. The van der Waals surface area contributed by atoms with Gasteiger partial charge in [-0.15, -0.1) is 0 Å². The van der Waals surface area contributed by atoms with Gasteiger partial charge in [-0.25, -0.2) is 14.4 Å². The van der Waals surface area contributed by atoms with Gasteiger partial charge in [0.05, 0.1) is 23.5 Å². The Morgan fingerprint density at radius 3 is 2.84 bits per heavy atom. The summed E-state index contributed by atoms with van der Waals surface area (Å²) >= 11 is 4.77. The number of nitrogens with zero attached hydrogens (tertiary/aromatic N) is 3. The second-order valence-electron chi connectivity index (χ2n) is 6.95. The van der Waals surface area contributed by atoms with Crippen molar-refractivity contribution in [1.29, 1.82) is 0 Å². The molecular formula is C21H22FN5O3S. The van der Waals surface area contributed by atoms with E-state index < -0.39 is 5.82 Å². The third-order valence-electron chi connectivity index (χ3n) is 4.40. The Balaban J connectivity index is 1.85. The summed E-state index contributed by atoms with van der Waals surface area (Å²) < 4.78 is 28.2. The van der Waals surface area contributed by atoms with E-state index in [0.29, 0.717) is 29.3 Å². The number of benzene rings is 2. The van der Waals surface area contributed by atoms with Crippen LogP contribution in [0.5, 0.6) is 5.75 Å². The van der Waals surface area contributed by atoms with Crippen molar-refractivity contribution in [2.75, 3.05) is 25.6 Å². The number of nitrogens with one attached hydrogen (secondary N) is 2. The molecule has 1 atom stereocenters. The smallest absolute Gasteiger partial charge is 0.258 e. The number of aromatic nitrogens is 2. The Bertz CT molecular complexity index is 1110. The molecule has 0 aliphatic heterocycles. The van der Waals surface area contributed by atoms with Crippen LogP contribution in [0.1, 0.15) is 12.5 Å². The van der Waals surface area contributed by atoms with Crippen molar-refractivity contribution in [3.63, 3.8) is 0 Å². The Kier molecular flexibility index (Phi) is 7.37. The number of ether oxygens (including phenoxy) is 2. The van der Waals surface area contributed by atoms with E-state index in [2.05, 4.69) is 25.0 Å². The van der Waals surface area contributed by atoms with Gasteiger partial charge >= 0.3 is 0 Å². The number of carbonyl (C=O) groups excluding carboxylic acids is 1. The number of methoxy groups -OCH3 is 1. The van der Waals surface area contributed by atoms with Crippen molar-refractivity contribution in [2.24, 2.45) is 4.36 Å². The van der Waals surface area contributed by atoms with Crippen LogP contribution in [0, 0.1) is 12.7 Å². The molecule has 162 valence electrons. The molecule has 0 fully saturated rings. The maximum Gasteiger partial charge on any atom is 0.258 e. The Hall–Kier alpha value is -3.24. The van der Waals surface area contributed by atoms with E-state index in [4.69, 9.17) is 21.9 Å². The molecule has 1 aromatic heterocycles. The summed E-state index contributed by atoms with van der Waals surface area (Å²) in [4.78, 5) is 20.7. The fourth-order valence-corrected chi connectivity index (χ4v) is 3.22. The molecule has 1 amide bonds. The number of rotatable bonds is 9. The predicted octanol–water partition coefficient (Wildman–Crippen LogP) is 3.71. The first-order valence-corrected chi connectivity index (χ1v) is 9.84. The lowest BCUT2D eigenvalue weighted by atomic mass is 10.1. The lowest BCUT2D eigenvalue weighted by Crippen LogP contribution is -2.38. The van der Waals surface area contributed by atoms with E-state index in [9.17, 15) is 9.18 Å². The van der Waals surface area contributed by atoms with Gasteiger partial charge in [-0.05, 0) is 43.7 Å². The summed E-state index contributed by atoms with van der Waals surface area (Å²) in [6.45, 7) is 3.80. The molecule has 31 heavy (non-hydrogen) atoms. The van der Waals surface area contributed by atoms with Crippen molar-refractivity contribution >= 4 is 46.4 Å². The van der Waals surface area contributed by atoms with Crippen LogP contribution in [0.3, 0.4) is 0 Å². The first kappa shape index (κ1) is 22.4. The molecule has 2 aromatic carbocycles. The number of halogens is 1. The quantitative estimate of drug-likeness (QED) is 0.520. The molecule has 0 aliphatic rings. The summed E-state index contributed by atoms with van der Waals surface area (Å²) in [5, 5.41) is 6.66. The molecule has 1 unspecified atom stereocenters. The van der Waals surface area contributed by atoms with Gasteiger partial charge in [-0.1, -0.05) is 0 Å². The van der Waals surface area contributed by atoms with Crippen LogP contribution in [0.25, 0.3) is 10.9 Å². The standard InChI is InChI=1S/C21H22FN5O3S/c1-12-6-15(27-31)8-17-20(12)21(24-11-23-17)26-16-5-4-14(22)7-18(16)30-10-19(28)25-13(2)9-29-3/h4-8,11,13H,9-10H2,1-3H3,(H,25,28)(H,23,24,26). The topological polar surface area (TPSA) is 97.7 Å². The molecule has 0 spiro atoms. The monoisotopic (exact) mass is 443 g/mol. The number of hydrogen-bond acceptors (Lipinski definition) is 8. The highest BCUT2D eigenvalue weighted by molar-refractivity contribution is 7.47. The number of aryl methyl sites for hydroxylation is 1. The number of anilines is 2. The highest BCUT2D eigenvalue weighted by atomic mass is 32.1. The molecule has 0 saturated heterocycles. The molecule has 3 rings (SSSR count). The van der Waals surface area contributed by atoms with Gasteiger partial charge < -0.3 is 20.1 Å². The van der Waals surface area contributed by atoms with E-state index in [1.807, 2.05) is 19.9 Å². The molecule has 0 radical (unpaired) electrons. The van der Waals surface area contributed by atoms with Gasteiger partial charge in [-0.3, -0.25) is 4.79 Å². The van der Waals surface area contributed by atoms with Crippen molar-refractivity contribution in [1.82, 2.24) is 15.3 Å². The molecule has 0 bridgehead atoms. The summed E-state index contributed by atoms with van der Waals surface area (Å²) in [6.07, 6.45) is 1.41. The molecule has 8 nitrogen and oxygen atoms in total. The number of hydrogen-bond donors (Lipinski definition) is 2. The van der Waals surface area contributed by atoms with Gasteiger partial charge in [0.1, 0.15) is 23.7 Å². The average Bonchev–Trinajstić information content (AvgIpc) is 2.73. The molecular weight excluding hydrogens is 421 g/mol. The van der Waals surface area contributed by atoms with Crippen molar-refractivity contribution in [3.05, 3.63) is 48.0 Å². The summed E-state index contributed by atoms with van der Waals surface area (Å²) in [7, 11) is 1.55. The largest absolute Gasteiger partial charge is 0.481 e. The number of carbonyl (C=O) groups is 1. The van der Waals surface area contributed by atoms with Crippen molar-refractivity contribution in [2.45, 2.75) is 19.9 Å². The summed E-state index contributed by atoms with van der Waals surface area (Å²) in [6, 6.07) is 7.44. The minimum Gasteiger partial charge on any atom is -0.481 e. The lowest BCUT2D eigenvalue weighted by Gasteiger charge is -2.16. The average molecular weight is 444 g/mol. The predicted molar refractivity (Wildman–Crippen MR) is 118 cm³/mol. The number of fused-ring (bicyclic) bond motifs is 1. The van der Waals surface area contributed by atoms with Crippen LogP contribution < -0.4 is 15.4 Å². The van der Waals surface area contributed by atoms with E-state index in [0.717, 1.165) is 10.9 Å². The van der Waals surface area contributed by atoms with E-state index >= 15 is 0 Å². The third kappa shape index (κ3) is 5.68. The van der Waals surface area contributed by atoms with E-state index in [1.54, 1.807) is 13.2 Å². The van der Waals surface area contributed by atoms with Crippen LogP contribution in [-0.2, 0) is 22.0 Å². The minimum atomic E-state index is -0.492. The van der Waals surface area contributed by atoms with Crippen LogP contribution >= 0.6 is 0 Å². The SMILES string of the molecule is COCC(C)NC(=O)COc1cc(F)ccc1Nc1ncnc2cc(N=S)cc(C)c12. The normalized spacial score (nSPS) is 11.7. The maximum atomic E-state index is 13.9. The van der Waals surface area contributed by atoms with Gasteiger partial charge in [0.15, 0.2) is 6.61 Å². The van der Waals surface area contributed by atoms with Gasteiger partial charge in [0.2, 0.25) is 0 Å². The molecule has 0 aliphatic carbocycles. The van der Waals surface area contributed by atoms with Gasteiger partial charge in [0.25, 0.3) is 5.91 Å². The fourth-order valence-electron chi connectivity index (χ4n) is 3.12. The van der Waals surface area contributed by atoms with Gasteiger partial charge in [-0.2, -0.15) is 4.36 Å². The Morgan fingerprint density at radius 2 is 2.10 bits per heavy atom. The van der Waals surface area contributed by atoms with Crippen LogP contribution in [0.15, 0.2) is 41.0 Å². The Labute approximate surface area is 184 Å².